The predicted molar refractivity (Wildman–Crippen MR) is 316 cm³/mol. The highest BCUT2D eigenvalue weighted by Crippen LogP contribution is 2.44. The van der Waals surface area contributed by atoms with E-state index in [1.165, 1.54) is 56.1 Å². The van der Waals surface area contributed by atoms with Crippen LogP contribution in [0.3, 0.4) is 0 Å². The number of carbonyl (C=O) groups is 4. The Bertz CT molecular complexity index is 2440. The quantitative estimate of drug-likeness (QED) is 0.0859. The molecule has 5 N–H and O–H groups in total. The second-order valence-electron chi connectivity index (χ2n) is 24.7. The lowest BCUT2D eigenvalue weighted by atomic mass is 9.76. The molecule has 0 saturated carbocycles. The average Bonchev–Trinajstić information content (AvgIpc) is 0.951. The van der Waals surface area contributed by atoms with Gasteiger partial charge in [0, 0.05) is 98.2 Å². The van der Waals surface area contributed by atoms with Gasteiger partial charge in [-0.1, -0.05) is 67.9 Å². The van der Waals surface area contributed by atoms with E-state index in [9.17, 15) is 44.7 Å². The normalized spacial score (nSPS) is 42.9. The summed E-state index contributed by atoms with van der Waals surface area (Å²) in [6.45, 7) is 22.7. The Labute approximate surface area is 519 Å². The number of carbonyl (C=O) groups excluding carboxylic acids is 4. The van der Waals surface area contributed by atoms with E-state index in [0.717, 1.165) is 18.1 Å². The van der Waals surface area contributed by atoms with Gasteiger partial charge in [-0.2, -0.15) is 0 Å². The highest BCUT2D eigenvalue weighted by Gasteiger charge is 2.60. The number of hydrogen-bond acceptors (Lipinski definition) is 24. The Balaban J connectivity index is 1.43. The summed E-state index contributed by atoms with van der Waals surface area (Å²) in [5.41, 5.74) is 0.776. The summed E-state index contributed by atoms with van der Waals surface area (Å²) < 4.78 is 90.6. The predicted octanol–water partition coefficient (Wildman–Crippen LogP) is 5.30. The van der Waals surface area contributed by atoms with Crippen molar-refractivity contribution in [3.8, 4) is 0 Å². The molecule has 0 aromatic rings. The van der Waals surface area contributed by atoms with Crippen molar-refractivity contribution in [1.29, 1.82) is 0 Å². The summed E-state index contributed by atoms with van der Waals surface area (Å²) in [4.78, 5) is 51.9. The Morgan fingerprint density at radius 3 is 1.97 bits per heavy atom. The number of ether oxygens (including phenoxy) is 15. The van der Waals surface area contributed by atoms with Crippen LogP contribution < -0.4 is 0 Å². The highest BCUT2D eigenvalue weighted by atomic mass is 16.7. The van der Waals surface area contributed by atoms with Crippen molar-refractivity contribution in [2.75, 3.05) is 35.0 Å². The van der Waals surface area contributed by atoms with Gasteiger partial charge in [0.25, 0.3) is 0 Å². The lowest BCUT2D eigenvalue weighted by Gasteiger charge is -2.52. The fourth-order valence-electron chi connectivity index (χ4n) is 12.6. The molecule has 0 radical (unpaired) electrons. The minimum atomic E-state index is -2.57. The van der Waals surface area contributed by atoms with Gasteiger partial charge in [0.05, 0.1) is 67.1 Å². The molecule has 25 atom stereocenters. The van der Waals surface area contributed by atoms with E-state index in [-0.39, 0.29) is 50.2 Å². The summed E-state index contributed by atoms with van der Waals surface area (Å²) in [7, 11) is 5.76. The lowest BCUT2D eigenvalue weighted by Crippen LogP contribution is -2.66. The number of rotatable bonds is 18. The fraction of sp³-hybridized carbons (Fsp3) is 0.781. The number of allylic oxidation sites excluding steroid dienone is 7. The Kier molecular flexibility index (Phi) is 28.4. The SMILES string of the molecule is COC[C@@H](CC1O[C@@](O)([C@H](OC(C)=O)C2C[C@H](OC)[C@@H](O)CC/C=C(C)/C=C/[C@@H](O[C@@H]3O[C@@H](C)[C@H](OC)[C@@H](O)[C@@H]3OC(C)=O)[C@H](C)/C=C(C)/C=C(C)/C=C(\C)C(=O)O2)[C@H](C)[C@@H](O)[C@H]1C)O[C@H]1CC(C)(O)[C@@H](O[C@H]2C[C@@H](OC)[C@H](OC(C)=O)[C@@H](C)O2)[C@H](C)O1. The molecule has 4 saturated heterocycles. The van der Waals surface area contributed by atoms with Crippen LogP contribution in [0, 0.1) is 17.8 Å². The fourth-order valence-corrected chi connectivity index (χ4v) is 12.6. The minimum absolute atomic E-state index is 0.0339. The number of aliphatic hydroxyl groups is 5. The van der Waals surface area contributed by atoms with Gasteiger partial charge < -0.3 is 96.6 Å². The van der Waals surface area contributed by atoms with E-state index in [1.807, 2.05) is 51.2 Å². The van der Waals surface area contributed by atoms with Gasteiger partial charge >= 0.3 is 23.9 Å². The zero-order valence-electron chi connectivity index (χ0n) is 54.7. The number of methoxy groups -OCH3 is 4. The molecule has 5 aliphatic heterocycles. The molecule has 0 aliphatic carbocycles. The first-order valence-corrected chi connectivity index (χ1v) is 30.6. The molecule has 0 aromatic heterocycles. The van der Waals surface area contributed by atoms with Crippen molar-refractivity contribution in [3.05, 3.63) is 58.7 Å². The van der Waals surface area contributed by atoms with Crippen LogP contribution in [0.1, 0.15) is 135 Å². The highest BCUT2D eigenvalue weighted by molar-refractivity contribution is 5.88. The van der Waals surface area contributed by atoms with E-state index in [4.69, 9.17) is 71.1 Å². The zero-order valence-corrected chi connectivity index (χ0v) is 54.7. The summed E-state index contributed by atoms with van der Waals surface area (Å²) in [6.07, 6.45) is -8.80. The molecule has 88 heavy (non-hydrogen) atoms. The van der Waals surface area contributed by atoms with Crippen LogP contribution in [-0.4, -0.2) is 218 Å². The van der Waals surface area contributed by atoms with Crippen molar-refractivity contribution in [2.24, 2.45) is 17.8 Å². The first-order chi connectivity index (χ1) is 41.3. The number of esters is 4. The van der Waals surface area contributed by atoms with Crippen LogP contribution in [0.4, 0.5) is 0 Å². The second-order valence-corrected chi connectivity index (χ2v) is 24.7. The van der Waals surface area contributed by atoms with Crippen LogP contribution in [0.25, 0.3) is 0 Å². The molecule has 0 amide bonds. The number of aliphatic hydroxyl groups excluding tert-OH is 3. The van der Waals surface area contributed by atoms with Gasteiger partial charge in [-0.15, -0.1) is 0 Å². The van der Waals surface area contributed by atoms with E-state index < -0.39 is 170 Å². The van der Waals surface area contributed by atoms with Crippen molar-refractivity contribution >= 4 is 23.9 Å². The van der Waals surface area contributed by atoms with Crippen molar-refractivity contribution in [1.82, 2.24) is 0 Å². The van der Waals surface area contributed by atoms with Gasteiger partial charge in [0.2, 0.25) is 5.79 Å². The standard InChI is InChI=1S/C64H102O24/c1-32-20-19-21-46(68)49(75-16)28-51(85-61(71)36(5)26-34(3)24-33(2)25-35(4)47(23-22-32)86-62-58(82-43(12)66)55(70)57(77-18)40(9)80-62)60(83-44(13)67)64(73)38(7)54(69)37(6)48(88-64)27-45(31-74-15)84-53-30-63(14,72)59(41(10)79-53)87-52-29-50(76-17)56(39(8)78-52)81-42(11)65/h20,22-26,35,37-41,45-60,62,68-70,72-73H,19,21,27-31H2,1-18H3/b23-22+,32-20+,33-25+,34-24+,36-26+/t35-,37+,38-,39-,40+,41+,45-,46+,47-,48?,49+,50-,51?,52+,53+,54+,55-,56-,57+,58+,59+,60-,62+,63?,64-/m1/s1. The zero-order chi connectivity index (χ0) is 65.7. The summed E-state index contributed by atoms with van der Waals surface area (Å²) in [6, 6.07) is 0. The molecule has 0 aromatic carbocycles. The third-order valence-electron chi connectivity index (χ3n) is 17.2. The number of cyclic esters (lactones) is 1. The maximum absolute atomic E-state index is 14.5. The Morgan fingerprint density at radius 1 is 0.727 bits per heavy atom. The molecule has 0 bridgehead atoms. The molecule has 5 aliphatic rings. The van der Waals surface area contributed by atoms with E-state index in [1.54, 1.807) is 47.6 Å². The maximum Gasteiger partial charge on any atom is 0.334 e. The molecule has 5 rings (SSSR count). The molecule has 24 nitrogen and oxygen atoms in total. The molecular formula is C64H102O24. The number of hydrogen-bond donors (Lipinski definition) is 5. The molecule has 3 unspecified atom stereocenters. The van der Waals surface area contributed by atoms with Gasteiger partial charge in [-0.3, -0.25) is 14.4 Å². The van der Waals surface area contributed by atoms with Crippen LogP contribution in [0.5, 0.6) is 0 Å². The second kappa shape index (κ2) is 33.5. The van der Waals surface area contributed by atoms with E-state index >= 15 is 0 Å². The maximum atomic E-state index is 14.5. The third kappa shape index (κ3) is 20.0. The lowest BCUT2D eigenvalue weighted by molar-refractivity contribution is -0.366. The van der Waals surface area contributed by atoms with Crippen molar-refractivity contribution in [2.45, 2.75) is 269 Å². The Morgan fingerprint density at radius 2 is 1.36 bits per heavy atom. The third-order valence-corrected chi connectivity index (χ3v) is 17.2. The smallest absolute Gasteiger partial charge is 0.334 e. The summed E-state index contributed by atoms with van der Waals surface area (Å²) in [5.74, 6) is -7.67. The molecule has 0 spiro atoms. The monoisotopic (exact) mass is 1250 g/mol. The van der Waals surface area contributed by atoms with Crippen molar-refractivity contribution < 1.29 is 116 Å². The largest absolute Gasteiger partial charge is 0.457 e. The van der Waals surface area contributed by atoms with Crippen LogP contribution >= 0.6 is 0 Å². The molecule has 5 heterocycles. The molecule has 24 heteroatoms. The van der Waals surface area contributed by atoms with Gasteiger partial charge in [0.1, 0.15) is 30.5 Å². The van der Waals surface area contributed by atoms with Crippen LogP contribution in [0.15, 0.2) is 58.7 Å². The summed E-state index contributed by atoms with van der Waals surface area (Å²) >= 11 is 0. The van der Waals surface area contributed by atoms with E-state index in [0.29, 0.717) is 12.0 Å². The van der Waals surface area contributed by atoms with Crippen LogP contribution in [-0.2, 0) is 90.2 Å². The molecule has 4 fully saturated rings. The van der Waals surface area contributed by atoms with Gasteiger partial charge in [-0.25, -0.2) is 4.79 Å². The van der Waals surface area contributed by atoms with Crippen molar-refractivity contribution in [3.63, 3.8) is 0 Å². The van der Waals surface area contributed by atoms with E-state index in [2.05, 4.69) is 0 Å². The van der Waals surface area contributed by atoms with Crippen LogP contribution in [0.2, 0.25) is 0 Å². The molecular weight excluding hydrogens is 1150 g/mol. The topological polar surface area (TPSA) is 308 Å². The minimum Gasteiger partial charge on any atom is -0.457 e. The first kappa shape index (κ1) is 74.7. The Hall–Kier alpha value is -4.06. The summed E-state index contributed by atoms with van der Waals surface area (Å²) in [5, 5.41) is 60.3. The molecule has 502 valence electrons. The van der Waals surface area contributed by atoms with Gasteiger partial charge in [-0.05, 0) is 74.3 Å². The van der Waals surface area contributed by atoms with Gasteiger partial charge in [0.15, 0.2) is 37.2 Å². The average molecular weight is 1260 g/mol. The first-order valence-electron chi connectivity index (χ1n) is 30.6.